The van der Waals surface area contributed by atoms with Crippen LogP contribution >= 0.6 is 15.6 Å². The number of aliphatic hydroxyl groups excluding tert-OH is 1. The van der Waals surface area contributed by atoms with Gasteiger partial charge in [0.2, 0.25) is 0 Å². The normalized spacial score (nSPS) is 14.5. The van der Waals surface area contributed by atoms with Gasteiger partial charge in [-0.1, -0.05) is 306 Å². The van der Waals surface area contributed by atoms with Gasteiger partial charge in [0.05, 0.1) is 26.4 Å². The van der Waals surface area contributed by atoms with E-state index in [1.807, 2.05) is 0 Å². The number of hydrogen-bond acceptors (Lipinski definition) is 15. The molecular formula is C72H140O17P2. The maximum atomic E-state index is 13.0. The van der Waals surface area contributed by atoms with E-state index in [0.717, 1.165) is 114 Å². The van der Waals surface area contributed by atoms with Crippen molar-refractivity contribution in [2.75, 3.05) is 39.6 Å². The zero-order valence-corrected chi connectivity index (χ0v) is 61.3. The fourth-order valence-corrected chi connectivity index (χ4v) is 12.4. The molecule has 0 amide bonds. The third-order valence-electron chi connectivity index (χ3n) is 16.9. The van der Waals surface area contributed by atoms with E-state index in [4.69, 9.17) is 37.0 Å². The third-order valence-corrected chi connectivity index (χ3v) is 18.8. The summed E-state index contributed by atoms with van der Waals surface area (Å²) < 4.78 is 68.3. The van der Waals surface area contributed by atoms with Crippen LogP contribution in [0.2, 0.25) is 0 Å². The van der Waals surface area contributed by atoms with Crippen LogP contribution in [0, 0.1) is 23.7 Å². The van der Waals surface area contributed by atoms with Crippen LogP contribution in [0.3, 0.4) is 0 Å². The van der Waals surface area contributed by atoms with Gasteiger partial charge in [0.15, 0.2) is 12.2 Å². The Labute approximate surface area is 556 Å². The predicted molar refractivity (Wildman–Crippen MR) is 367 cm³/mol. The summed E-state index contributed by atoms with van der Waals surface area (Å²) in [6.45, 7) is 14.1. The van der Waals surface area contributed by atoms with Crippen LogP contribution in [0.15, 0.2) is 0 Å². The van der Waals surface area contributed by atoms with Crippen molar-refractivity contribution in [3.8, 4) is 0 Å². The van der Waals surface area contributed by atoms with Crippen LogP contribution in [0.25, 0.3) is 0 Å². The molecule has 0 aromatic heterocycles. The predicted octanol–water partition coefficient (Wildman–Crippen LogP) is 20.5. The van der Waals surface area contributed by atoms with Gasteiger partial charge in [0.1, 0.15) is 19.3 Å². The van der Waals surface area contributed by atoms with Crippen LogP contribution in [-0.4, -0.2) is 96.7 Å². The number of phosphoric acid groups is 2. The van der Waals surface area contributed by atoms with Crippen LogP contribution in [0.5, 0.6) is 0 Å². The van der Waals surface area contributed by atoms with Gasteiger partial charge in [-0.25, -0.2) is 9.13 Å². The summed E-state index contributed by atoms with van der Waals surface area (Å²) in [4.78, 5) is 72.5. The van der Waals surface area contributed by atoms with E-state index in [9.17, 15) is 43.2 Å². The first kappa shape index (κ1) is 89.1. The largest absolute Gasteiger partial charge is 0.472 e. The van der Waals surface area contributed by atoms with E-state index < -0.39 is 97.5 Å². The second kappa shape index (κ2) is 61.6. The molecule has 0 saturated heterocycles. The molecule has 19 heteroatoms. The summed E-state index contributed by atoms with van der Waals surface area (Å²) in [5.74, 6) is 0.848. The van der Waals surface area contributed by atoms with Crippen molar-refractivity contribution in [3.63, 3.8) is 0 Å². The minimum Gasteiger partial charge on any atom is -0.462 e. The van der Waals surface area contributed by atoms with E-state index in [1.54, 1.807) is 0 Å². The molecule has 17 nitrogen and oxygen atoms in total. The Hall–Kier alpha value is -1.94. The molecule has 0 radical (unpaired) electrons. The number of phosphoric ester groups is 2. The number of hydrogen-bond donors (Lipinski definition) is 3. The molecule has 0 aliphatic carbocycles. The van der Waals surface area contributed by atoms with Crippen molar-refractivity contribution in [2.24, 2.45) is 23.7 Å². The number of ether oxygens (including phenoxy) is 4. The molecule has 0 rings (SSSR count). The maximum absolute atomic E-state index is 13.0. The fraction of sp³-hybridized carbons (Fsp3) is 0.944. The summed E-state index contributed by atoms with van der Waals surface area (Å²) in [5, 5.41) is 10.6. The molecule has 6 atom stereocenters. The number of aliphatic hydroxyl groups is 1. The molecule has 540 valence electrons. The van der Waals surface area contributed by atoms with Gasteiger partial charge in [0.25, 0.3) is 0 Å². The average Bonchev–Trinajstić information content (AvgIpc) is 3.31. The number of rotatable bonds is 69. The van der Waals surface area contributed by atoms with Crippen LogP contribution in [-0.2, 0) is 65.4 Å². The molecule has 0 aliphatic rings. The zero-order chi connectivity index (χ0) is 67.5. The highest BCUT2D eigenvalue weighted by Gasteiger charge is 2.30. The Morgan fingerprint density at radius 1 is 0.308 bits per heavy atom. The third kappa shape index (κ3) is 65.1. The first-order valence-corrected chi connectivity index (χ1v) is 40.2. The molecule has 0 aromatic rings. The average molecular weight is 1340 g/mol. The van der Waals surface area contributed by atoms with Crippen molar-refractivity contribution in [2.45, 2.75) is 375 Å². The molecule has 3 unspecified atom stereocenters. The first-order chi connectivity index (χ1) is 43.6. The van der Waals surface area contributed by atoms with Gasteiger partial charge in [-0.05, 0) is 49.4 Å². The highest BCUT2D eigenvalue weighted by Crippen LogP contribution is 2.45. The molecule has 0 fully saturated rings. The summed E-state index contributed by atoms with van der Waals surface area (Å²) in [5.41, 5.74) is 0. The summed E-state index contributed by atoms with van der Waals surface area (Å²) in [7, 11) is -9.90. The molecule has 0 bridgehead atoms. The minimum atomic E-state index is -4.95. The molecule has 3 N–H and O–H groups in total. The molecule has 0 aromatic carbocycles. The molecule has 0 heterocycles. The fourth-order valence-electron chi connectivity index (χ4n) is 10.8. The van der Waals surface area contributed by atoms with Gasteiger partial charge in [-0.15, -0.1) is 0 Å². The second-order valence-electron chi connectivity index (χ2n) is 27.6. The Balaban J connectivity index is 5.19. The maximum Gasteiger partial charge on any atom is 0.472 e. The quantitative estimate of drug-likeness (QED) is 0.0222. The number of unbranched alkanes of at least 4 members (excludes halogenated alkanes) is 34. The van der Waals surface area contributed by atoms with Crippen LogP contribution in [0.4, 0.5) is 0 Å². The Morgan fingerprint density at radius 3 is 0.780 bits per heavy atom. The molecule has 0 saturated carbocycles. The Kier molecular flexibility index (Phi) is 60.3. The lowest BCUT2D eigenvalue weighted by Crippen LogP contribution is -2.30. The van der Waals surface area contributed by atoms with E-state index >= 15 is 0 Å². The van der Waals surface area contributed by atoms with Crippen molar-refractivity contribution in [1.29, 1.82) is 0 Å². The summed E-state index contributed by atoms with van der Waals surface area (Å²) in [6, 6.07) is 0. The van der Waals surface area contributed by atoms with Crippen molar-refractivity contribution < 1.29 is 80.2 Å². The van der Waals surface area contributed by atoms with Gasteiger partial charge < -0.3 is 33.8 Å². The minimum absolute atomic E-state index is 0.103. The first-order valence-electron chi connectivity index (χ1n) is 37.2. The Bertz CT molecular complexity index is 1800. The lowest BCUT2D eigenvalue weighted by atomic mass is 9.99. The van der Waals surface area contributed by atoms with Crippen molar-refractivity contribution >= 4 is 39.5 Å². The zero-order valence-electron chi connectivity index (χ0n) is 59.5. The van der Waals surface area contributed by atoms with E-state index in [1.165, 1.54) is 154 Å². The number of carbonyl (C=O) groups is 4. The Morgan fingerprint density at radius 2 is 0.527 bits per heavy atom. The topological polar surface area (TPSA) is 237 Å². The van der Waals surface area contributed by atoms with E-state index in [-0.39, 0.29) is 25.7 Å². The van der Waals surface area contributed by atoms with Gasteiger partial charge in [-0.2, -0.15) is 0 Å². The standard InChI is InChI=1S/C72H140O17P2/c1-9-65(8)51-43-35-26-21-23-29-39-47-55-72(77)88-67(58-82-69(74)52-44-36-27-19-17-15-13-11-10-12-14-16-18-24-32-40-48-62(2)3)60-86-90(78,79)84-56-66(73)57-85-91(80,81)87-61-68(59-83-70(75)53-45-37-31-30-34-42-50-64(6)7)89-71(76)54-46-38-28-22-20-25-33-41-49-63(4)5/h62-68,73H,9-61H2,1-8H3,(H,78,79)(H,80,81)/t65?,66-,67-,68-/m1/s1. The van der Waals surface area contributed by atoms with E-state index in [0.29, 0.717) is 31.6 Å². The number of carbonyl (C=O) groups excluding carboxylic acids is 4. The molecule has 0 aliphatic heterocycles. The van der Waals surface area contributed by atoms with Crippen LogP contribution < -0.4 is 0 Å². The smallest absolute Gasteiger partial charge is 0.462 e. The lowest BCUT2D eigenvalue weighted by molar-refractivity contribution is -0.161. The lowest BCUT2D eigenvalue weighted by Gasteiger charge is -2.21. The highest BCUT2D eigenvalue weighted by molar-refractivity contribution is 7.47. The monoisotopic (exact) mass is 1340 g/mol. The van der Waals surface area contributed by atoms with Crippen molar-refractivity contribution in [3.05, 3.63) is 0 Å². The van der Waals surface area contributed by atoms with Gasteiger partial charge in [-0.3, -0.25) is 37.3 Å². The van der Waals surface area contributed by atoms with Crippen molar-refractivity contribution in [1.82, 2.24) is 0 Å². The highest BCUT2D eigenvalue weighted by atomic mass is 31.2. The van der Waals surface area contributed by atoms with Crippen LogP contribution in [0.1, 0.15) is 357 Å². The van der Waals surface area contributed by atoms with Gasteiger partial charge >= 0.3 is 39.5 Å². The van der Waals surface area contributed by atoms with E-state index in [2.05, 4.69) is 55.4 Å². The molecule has 91 heavy (non-hydrogen) atoms. The second-order valence-corrected chi connectivity index (χ2v) is 30.6. The van der Waals surface area contributed by atoms with Gasteiger partial charge in [0, 0.05) is 25.7 Å². The molecular weight excluding hydrogens is 1200 g/mol. The SMILES string of the molecule is CCC(C)CCCCCCCCCCC(=O)O[C@H](COC(=O)CCCCCCCCCCCCCCCCCCC(C)C)COP(=O)(O)OC[C@@H](O)COP(=O)(O)OC[C@@H](COC(=O)CCCCCCCCC(C)C)OC(=O)CCCCCCCCCCC(C)C. The summed E-state index contributed by atoms with van der Waals surface area (Å²) >= 11 is 0. The molecule has 0 spiro atoms. The summed E-state index contributed by atoms with van der Waals surface area (Å²) in [6.07, 6.45) is 44.7. The number of esters is 4.